The van der Waals surface area contributed by atoms with Crippen molar-refractivity contribution in [3.63, 3.8) is 0 Å². The molecule has 0 atom stereocenters. The van der Waals surface area contributed by atoms with Gasteiger partial charge in [0.1, 0.15) is 0 Å². The highest BCUT2D eigenvalue weighted by Crippen LogP contribution is 2.09. The van der Waals surface area contributed by atoms with Gasteiger partial charge in [0.2, 0.25) is 0 Å². The zero-order chi connectivity index (χ0) is 8.65. The summed E-state index contributed by atoms with van der Waals surface area (Å²) >= 11 is 0. The van der Waals surface area contributed by atoms with E-state index in [1.807, 2.05) is 13.2 Å². The van der Waals surface area contributed by atoms with E-state index in [4.69, 9.17) is 0 Å². The maximum atomic E-state index is 3.40. The molecule has 12 heavy (non-hydrogen) atoms. The van der Waals surface area contributed by atoms with Crippen LogP contribution in [0.2, 0.25) is 0 Å². The van der Waals surface area contributed by atoms with Crippen LogP contribution in [0.25, 0.3) is 0 Å². The number of nitrogens with one attached hydrogen (secondary N) is 2. The summed E-state index contributed by atoms with van der Waals surface area (Å²) in [5.74, 6) is 0. The monoisotopic (exact) mass is 166 g/mol. The minimum absolute atomic E-state index is 1.06. The smallest absolute Gasteiger partial charge is 0.0167 e. The molecule has 0 amide bonds. The van der Waals surface area contributed by atoms with Crippen molar-refractivity contribution in [3.8, 4) is 0 Å². The van der Waals surface area contributed by atoms with Crippen LogP contribution in [0.15, 0.2) is 23.9 Å². The van der Waals surface area contributed by atoms with Crippen LogP contribution >= 0.6 is 0 Å². The highest BCUT2D eigenvalue weighted by molar-refractivity contribution is 5.14. The summed E-state index contributed by atoms with van der Waals surface area (Å²) in [7, 11) is 1.92. The summed E-state index contributed by atoms with van der Waals surface area (Å²) in [6.07, 6.45) is 10.1. The van der Waals surface area contributed by atoms with Crippen molar-refractivity contribution in [3.05, 3.63) is 23.9 Å². The van der Waals surface area contributed by atoms with Crippen molar-refractivity contribution in [1.82, 2.24) is 10.6 Å². The van der Waals surface area contributed by atoms with Crippen molar-refractivity contribution >= 4 is 0 Å². The molecule has 1 fully saturated rings. The van der Waals surface area contributed by atoms with E-state index in [9.17, 15) is 0 Å². The van der Waals surface area contributed by atoms with Crippen LogP contribution in [0.1, 0.15) is 19.3 Å². The summed E-state index contributed by atoms with van der Waals surface area (Å²) in [5, 5.41) is 6.38. The molecule has 0 aromatic rings. The zero-order valence-corrected chi connectivity index (χ0v) is 7.77. The third-order valence-corrected chi connectivity index (χ3v) is 2.05. The molecule has 1 rings (SSSR count). The van der Waals surface area contributed by atoms with Crippen LogP contribution in [0.5, 0.6) is 0 Å². The van der Waals surface area contributed by atoms with E-state index in [-0.39, 0.29) is 0 Å². The maximum Gasteiger partial charge on any atom is 0.0167 e. The van der Waals surface area contributed by atoms with Gasteiger partial charge in [0, 0.05) is 13.6 Å². The van der Waals surface area contributed by atoms with Gasteiger partial charge in [0.05, 0.1) is 0 Å². The Morgan fingerprint density at radius 2 is 2.33 bits per heavy atom. The first-order valence-corrected chi connectivity index (χ1v) is 4.66. The second-order valence-corrected chi connectivity index (χ2v) is 3.11. The van der Waals surface area contributed by atoms with E-state index in [1.54, 1.807) is 0 Å². The van der Waals surface area contributed by atoms with Crippen molar-refractivity contribution in [2.45, 2.75) is 19.3 Å². The molecule has 0 aliphatic carbocycles. The Hall–Kier alpha value is -0.760. The van der Waals surface area contributed by atoms with E-state index >= 15 is 0 Å². The molecule has 1 saturated heterocycles. The molecule has 0 saturated carbocycles. The van der Waals surface area contributed by atoms with Gasteiger partial charge in [-0.1, -0.05) is 11.6 Å². The molecule has 0 aromatic carbocycles. The van der Waals surface area contributed by atoms with E-state index in [0.29, 0.717) is 0 Å². The standard InChI is InChI=1S/C10H18N2/c1-11-7-4-6-10-5-2-3-8-12-9-10/h4,6-7,11-12H,2-3,5,8-9H2,1H3/b7-4-,10-6-. The summed E-state index contributed by atoms with van der Waals surface area (Å²) in [6, 6.07) is 0. The van der Waals surface area contributed by atoms with Crippen LogP contribution in [0.4, 0.5) is 0 Å². The fourth-order valence-electron chi connectivity index (χ4n) is 1.36. The molecule has 0 radical (unpaired) electrons. The second kappa shape index (κ2) is 5.84. The summed E-state index contributed by atoms with van der Waals surface area (Å²) in [4.78, 5) is 0. The van der Waals surface area contributed by atoms with Crippen LogP contribution in [0, 0.1) is 0 Å². The van der Waals surface area contributed by atoms with Crippen LogP contribution in [0.3, 0.4) is 0 Å². The third-order valence-electron chi connectivity index (χ3n) is 2.05. The Kier molecular flexibility index (Phi) is 4.54. The molecule has 0 aromatic heterocycles. The summed E-state index contributed by atoms with van der Waals surface area (Å²) in [5.41, 5.74) is 1.51. The highest BCUT2D eigenvalue weighted by atomic mass is 14.9. The molecule has 1 heterocycles. The second-order valence-electron chi connectivity index (χ2n) is 3.11. The molecule has 68 valence electrons. The van der Waals surface area contributed by atoms with E-state index in [1.165, 1.54) is 31.4 Å². The first kappa shape index (κ1) is 9.33. The van der Waals surface area contributed by atoms with Gasteiger partial charge in [-0.15, -0.1) is 0 Å². The lowest BCUT2D eigenvalue weighted by atomic mass is 10.1. The van der Waals surface area contributed by atoms with Gasteiger partial charge in [-0.2, -0.15) is 0 Å². The number of hydrogen-bond acceptors (Lipinski definition) is 2. The van der Waals surface area contributed by atoms with E-state index in [0.717, 1.165) is 6.54 Å². The lowest BCUT2D eigenvalue weighted by molar-refractivity contribution is 0.710. The predicted molar refractivity (Wildman–Crippen MR) is 53.0 cm³/mol. The molecule has 2 heteroatoms. The first-order chi connectivity index (χ1) is 5.93. The molecule has 1 aliphatic heterocycles. The average molecular weight is 166 g/mol. The molecule has 2 nitrogen and oxygen atoms in total. The van der Waals surface area contributed by atoms with Crippen molar-refractivity contribution in [1.29, 1.82) is 0 Å². The quantitative estimate of drug-likeness (QED) is 0.648. The molecular weight excluding hydrogens is 148 g/mol. The Labute approximate surface area is 74.7 Å². The minimum Gasteiger partial charge on any atom is -0.394 e. The maximum absolute atomic E-state index is 3.40. The van der Waals surface area contributed by atoms with Gasteiger partial charge in [0.15, 0.2) is 0 Å². The molecule has 0 spiro atoms. The Bertz CT molecular complexity index is 161. The lowest BCUT2D eigenvalue weighted by Gasteiger charge is -2.00. The molecule has 2 N–H and O–H groups in total. The number of rotatable bonds is 2. The molecule has 0 bridgehead atoms. The van der Waals surface area contributed by atoms with Crippen molar-refractivity contribution in [2.75, 3.05) is 20.1 Å². The van der Waals surface area contributed by atoms with Gasteiger partial charge in [0.25, 0.3) is 0 Å². The van der Waals surface area contributed by atoms with Gasteiger partial charge >= 0.3 is 0 Å². The zero-order valence-electron chi connectivity index (χ0n) is 7.77. The predicted octanol–water partition coefficient (Wildman–Crippen LogP) is 1.42. The van der Waals surface area contributed by atoms with Gasteiger partial charge in [-0.05, 0) is 38.1 Å². The fourth-order valence-corrected chi connectivity index (χ4v) is 1.36. The highest BCUT2D eigenvalue weighted by Gasteiger charge is 2.00. The Morgan fingerprint density at radius 1 is 1.42 bits per heavy atom. The van der Waals surface area contributed by atoms with Crippen LogP contribution in [-0.2, 0) is 0 Å². The SMILES string of the molecule is CN/C=C\C=C1\CCCCNC1. The average Bonchev–Trinajstić information content (AvgIpc) is 2.33. The topological polar surface area (TPSA) is 24.1 Å². The summed E-state index contributed by atoms with van der Waals surface area (Å²) < 4.78 is 0. The van der Waals surface area contributed by atoms with Gasteiger partial charge in [-0.3, -0.25) is 0 Å². The normalized spacial score (nSPS) is 22.9. The fraction of sp³-hybridized carbons (Fsp3) is 0.600. The van der Waals surface area contributed by atoms with E-state index in [2.05, 4.69) is 22.8 Å². The third kappa shape index (κ3) is 3.58. The van der Waals surface area contributed by atoms with Gasteiger partial charge in [-0.25, -0.2) is 0 Å². The lowest BCUT2D eigenvalue weighted by Crippen LogP contribution is -2.14. The van der Waals surface area contributed by atoms with E-state index < -0.39 is 0 Å². The molecule has 1 aliphatic rings. The Balaban J connectivity index is 2.36. The first-order valence-electron chi connectivity index (χ1n) is 4.66. The van der Waals surface area contributed by atoms with Crippen LogP contribution < -0.4 is 10.6 Å². The van der Waals surface area contributed by atoms with Crippen molar-refractivity contribution < 1.29 is 0 Å². The number of allylic oxidation sites excluding steroid dienone is 2. The molecule has 0 unspecified atom stereocenters. The van der Waals surface area contributed by atoms with Crippen LogP contribution in [-0.4, -0.2) is 20.1 Å². The number of hydrogen-bond donors (Lipinski definition) is 2. The molecular formula is C10H18N2. The largest absolute Gasteiger partial charge is 0.394 e. The van der Waals surface area contributed by atoms with Crippen molar-refractivity contribution in [2.24, 2.45) is 0 Å². The van der Waals surface area contributed by atoms with Gasteiger partial charge < -0.3 is 10.6 Å². The minimum atomic E-state index is 1.06. The summed E-state index contributed by atoms with van der Waals surface area (Å²) in [6.45, 7) is 2.24. The Morgan fingerprint density at radius 3 is 3.17 bits per heavy atom.